The molecule has 92 valence electrons. The van der Waals surface area contributed by atoms with Crippen LogP contribution in [0.25, 0.3) is 10.8 Å². The van der Waals surface area contributed by atoms with E-state index in [0.29, 0.717) is 0 Å². The van der Waals surface area contributed by atoms with Gasteiger partial charge in [0.2, 0.25) is 0 Å². The van der Waals surface area contributed by atoms with Crippen LogP contribution in [0.3, 0.4) is 0 Å². The third-order valence-electron chi connectivity index (χ3n) is 2.33. The van der Waals surface area contributed by atoms with Gasteiger partial charge in [-0.05, 0) is 11.2 Å². The van der Waals surface area contributed by atoms with Gasteiger partial charge < -0.3 is 5.11 Å². The Bertz CT molecular complexity index is 714. The van der Waals surface area contributed by atoms with E-state index in [1.165, 1.54) is 12.1 Å². The summed E-state index contributed by atoms with van der Waals surface area (Å²) in [4.78, 5) is 10.0. The topological polar surface area (TPSA) is 104 Å². The average molecular weight is 295 g/mol. The van der Waals surface area contributed by atoms with E-state index < -0.39 is 26.5 Å². The summed E-state index contributed by atoms with van der Waals surface area (Å²) in [6.07, 6.45) is 0. The summed E-state index contributed by atoms with van der Waals surface area (Å²) in [6, 6.07) is 6.77. The van der Waals surface area contributed by atoms with Gasteiger partial charge in [-0.2, -0.15) is 8.42 Å². The average Bonchev–Trinajstić information content (AvgIpc) is 2.28. The number of hydrogen-bond acceptors (Lipinski definition) is 5. The van der Waals surface area contributed by atoms with Gasteiger partial charge >= 0.3 is 37.7 Å². The van der Waals surface area contributed by atoms with Gasteiger partial charge in [0.15, 0.2) is 11.4 Å². The molecule has 8 heteroatoms. The van der Waals surface area contributed by atoms with Gasteiger partial charge in [0.05, 0.1) is 0 Å². The number of fused-ring (bicyclic) bond motifs is 1. The van der Waals surface area contributed by atoms with Crippen LogP contribution >= 0.6 is 0 Å². The standard InChI is InChI=1S/C10H7NO5S.Ca.2H/c12-10-7-4-2-1-3-6(7)9(17(14,15)16)5-8(10)11-13;;;/h1-5,12H,(H,14,15,16);;;. The van der Waals surface area contributed by atoms with Gasteiger partial charge in [-0.15, -0.1) is 4.91 Å². The van der Waals surface area contributed by atoms with E-state index >= 15 is 0 Å². The maximum atomic E-state index is 11.2. The van der Waals surface area contributed by atoms with E-state index in [9.17, 15) is 18.4 Å². The fourth-order valence-electron chi connectivity index (χ4n) is 1.60. The Morgan fingerprint density at radius 3 is 2.17 bits per heavy atom. The van der Waals surface area contributed by atoms with Gasteiger partial charge in [-0.1, -0.05) is 24.3 Å². The predicted octanol–water partition coefficient (Wildman–Crippen LogP) is 1.27. The molecular formula is C10H9CaNO5S. The van der Waals surface area contributed by atoms with E-state index in [1.54, 1.807) is 12.1 Å². The Labute approximate surface area is 132 Å². The third-order valence-corrected chi connectivity index (χ3v) is 3.23. The van der Waals surface area contributed by atoms with Gasteiger partial charge in [0, 0.05) is 10.8 Å². The Morgan fingerprint density at radius 2 is 1.67 bits per heavy atom. The third kappa shape index (κ3) is 2.65. The summed E-state index contributed by atoms with van der Waals surface area (Å²) in [5.41, 5.74) is -0.434. The van der Waals surface area contributed by atoms with Gasteiger partial charge in [-0.3, -0.25) is 4.55 Å². The normalized spacial score (nSPS) is 10.9. The predicted molar refractivity (Wildman–Crippen MR) is 69.4 cm³/mol. The molecule has 0 aliphatic heterocycles. The van der Waals surface area contributed by atoms with Crippen molar-refractivity contribution in [3.8, 4) is 5.75 Å². The maximum absolute atomic E-state index is 11.2. The Kier molecular flexibility index (Phi) is 4.68. The van der Waals surface area contributed by atoms with Crippen molar-refractivity contribution in [1.29, 1.82) is 0 Å². The second-order valence-electron chi connectivity index (χ2n) is 3.35. The first-order valence-corrected chi connectivity index (χ1v) is 5.94. The number of nitrogens with zero attached hydrogens (tertiary/aromatic N) is 1. The number of rotatable bonds is 2. The molecule has 0 heterocycles. The van der Waals surface area contributed by atoms with Crippen LogP contribution < -0.4 is 0 Å². The van der Waals surface area contributed by atoms with Gasteiger partial charge in [-0.25, -0.2) is 0 Å². The minimum absolute atomic E-state index is 0. The Balaban J connectivity index is 0.00000162. The molecule has 0 aromatic heterocycles. The zero-order valence-electron chi connectivity index (χ0n) is 8.36. The number of nitroso groups, excluding NO2 is 1. The second kappa shape index (κ2) is 5.50. The molecule has 0 aliphatic rings. The van der Waals surface area contributed by atoms with Gasteiger partial charge in [0.25, 0.3) is 10.1 Å². The van der Waals surface area contributed by atoms with Crippen LogP contribution in [0.2, 0.25) is 0 Å². The van der Waals surface area contributed by atoms with Crippen molar-refractivity contribution in [3.63, 3.8) is 0 Å². The molecule has 2 aromatic rings. The molecule has 0 radical (unpaired) electrons. The molecule has 0 amide bonds. The summed E-state index contributed by atoms with van der Waals surface area (Å²) in [5, 5.41) is 12.4. The van der Waals surface area contributed by atoms with Crippen LogP contribution in [0.15, 0.2) is 40.4 Å². The second-order valence-corrected chi connectivity index (χ2v) is 4.74. The molecule has 2 rings (SSSR count). The SMILES string of the molecule is O=Nc1cc(S(=O)(=O)O)c2ccccc2c1O.[CaH2]. The van der Waals surface area contributed by atoms with Crippen molar-refractivity contribution in [3.05, 3.63) is 35.2 Å². The summed E-state index contributed by atoms with van der Waals surface area (Å²) in [5.74, 6) is -0.414. The van der Waals surface area contributed by atoms with Crippen LogP contribution in [-0.2, 0) is 10.1 Å². The fourth-order valence-corrected chi connectivity index (χ4v) is 2.31. The molecule has 2 aromatic carbocycles. The summed E-state index contributed by atoms with van der Waals surface area (Å²) >= 11 is 0. The Hall–Kier alpha value is -0.730. The fraction of sp³-hybridized carbons (Fsp3) is 0. The van der Waals surface area contributed by atoms with Crippen molar-refractivity contribution in [2.24, 2.45) is 5.18 Å². The van der Waals surface area contributed by atoms with Crippen molar-refractivity contribution in [2.75, 3.05) is 0 Å². The molecule has 2 N–H and O–H groups in total. The summed E-state index contributed by atoms with van der Waals surface area (Å²) in [6.45, 7) is 0. The van der Waals surface area contributed by atoms with Crippen molar-refractivity contribution >= 4 is 64.3 Å². The molecule has 0 unspecified atom stereocenters. The molecule has 0 saturated carbocycles. The number of aromatic hydroxyl groups is 1. The molecule has 0 saturated heterocycles. The monoisotopic (exact) mass is 295 g/mol. The summed E-state index contributed by atoms with van der Waals surface area (Å²) < 4.78 is 31.4. The Morgan fingerprint density at radius 1 is 1.11 bits per heavy atom. The minimum atomic E-state index is -4.49. The molecule has 0 bridgehead atoms. The first-order valence-electron chi connectivity index (χ1n) is 4.50. The van der Waals surface area contributed by atoms with E-state index in [2.05, 4.69) is 5.18 Å². The van der Waals surface area contributed by atoms with E-state index in [4.69, 9.17) is 4.55 Å². The number of phenolic OH excluding ortho intramolecular Hbond substituents is 1. The van der Waals surface area contributed by atoms with Crippen LogP contribution in [0.4, 0.5) is 5.69 Å². The van der Waals surface area contributed by atoms with E-state index in [0.717, 1.165) is 6.07 Å². The molecule has 0 atom stereocenters. The van der Waals surface area contributed by atoms with Crippen LogP contribution in [0.5, 0.6) is 5.75 Å². The van der Waals surface area contributed by atoms with E-state index in [1.807, 2.05) is 0 Å². The molecule has 18 heavy (non-hydrogen) atoms. The molecule has 0 spiro atoms. The molecule has 0 aliphatic carbocycles. The van der Waals surface area contributed by atoms with E-state index in [-0.39, 0.29) is 48.5 Å². The molecular weight excluding hydrogens is 286 g/mol. The molecule has 6 nitrogen and oxygen atoms in total. The van der Waals surface area contributed by atoms with Crippen molar-refractivity contribution in [1.82, 2.24) is 0 Å². The van der Waals surface area contributed by atoms with Gasteiger partial charge in [0.1, 0.15) is 4.90 Å². The van der Waals surface area contributed by atoms with Crippen molar-refractivity contribution in [2.45, 2.75) is 4.90 Å². The molecule has 0 fully saturated rings. The van der Waals surface area contributed by atoms with Crippen molar-refractivity contribution < 1.29 is 18.1 Å². The first-order chi connectivity index (χ1) is 7.95. The quantitative estimate of drug-likeness (QED) is 0.493. The number of phenols is 1. The number of hydrogen-bond donors (Lipinski definition) is 2. The zero-order valence-corrected chi connectivity index (χ0v) is 9.18. The van der Waals surface area contributed by atoms with Crippen LogP contribution in [0, 0.1) is 4.91 Å². The first kappa shape index (κ1) is 15.3. The van der Waals surface area contributed by atoms with Crippen LogP contribution in [-0.4, -0.2) is 55.8 Å². The summed E-state index contributed by atoms with van der Waals surface area (Å²) in [7, 11) is -4.49. The number of benzene rings is 2. The zero-order chi connectivity index (χ0) is 12.6. The van der Waals surface area contributed by atoms with Crippen LogP contribution in [0.1, 0.15) is 0 Å².